The van der Waals surface area contributed by atoms with Gasteiger partial charge in [0, 0.05) is 97.1 Å². The quantitative estimate of drug-likeness (QED) is 0.0263. The fourth-order valence-electron chi connectivity index (χ4n) is 9.34. The molecule has 0 N–H and O–H groups in total. The van der Waals surface area contributed by atoms with Crippen LogP contribution in [0.4, 0.5) is 17.3 Å². The lowest BCUT2D eigenvalue weighted by atomic mass is 10.3. The second-order valence-electron chi connectivity index (χ2n) is 29.4. The van der Waals surface area contributed by atoms with Crippen molar-refractivity contribution in [3.8, 4) is 0 Å². The van der Waals surface area contributed by atoms with Gasteiger partial charge < -0.3 is 99.1 Å². The van der Waals surface area contributed by atoms with E-state index >= 15 is 0 Å². The lowest BCUT2D eigenvalue weighted by Gasteiger charge is -2.09. The van der Waals surface area contributed by atoms with E-state index in [1.807, 2.05) is 398 Å². The molecule has 40 nitrogen and oxygen atoms in total. The molecule has 8 rings (SSSR count). The minimum Gasteiger partial charge on any atom is -0.867 e. The van der Waals surface area contributed by atoms with E-state index in [0.717, 1.165) is 79.2 Å². The smallest absolute Gasteiger partial charge is 0.318 e. The van der Waals surface area contributed by atoms with Crippen molar-refractivity contribution in [2.75, 3.05) is 226 Å². The molecule has 56 heteroatoms. The van der Waals surface area contributed by atoms with Gasteiger partial charge >= 0.3 is 41.3 Å². The van der Waals surface area contributed by atoms with Crippen molar-refractivity contribution >= 4 is 165 Å². The third kappa shape index (κ3) is 61.8. The summed E-state index contributed by atoms with van der Waals surface area (Å²) in [6.45, 7) is 0. The molecule has 0 aromatic carbocycles. The summed E-state index contributed by atoms with van der Waals surface area (Å²) in [5.74, 6) is 0. The fourth-order valence-corrected chi connectivity index (χ4v) is 16.1. The first-order valence-corrected chi connectivity index (χ1v) is 46.1. The van der Waals surface area contributed by atoms with E-state index < -0.39 is 29.6 Å². The minimum absolute atomic E-state index is 0.676. The Balaban J connectivity index is -0.000000715. The minimum atomic E-state index is -3.17. The van der Waals surface area contributed by atoms with Crippen LogP contribution in [0.1, 0.15) is 0 Å². The van der Waals surface area contributed by atoms with Gasteiger partial charge in [-0.25, -0.2) is 0 Å². The highest BCUT2D eigenvalue weighted by molar-refractivity contribution is 8.15. The Morgan fingerprint density at radius 1 is 0.191 bits per heavy atom. The van der Waals surface area contributed by atoms with Crippen molar-refractivity contribution < 1.29 is 132 Å². The maximum absolute atomic E-state index is 11.4. The van der Waals surface area contributed by atoms with Gasteiger partial charge in [-0.3, -0.25) is 75.8 Å². The molecule has 0 unspecified atom stereocenters. The normalized spacial score (nSPS) is 9.50. The molecular weight excluding hydrogens is 1930 g/mol. The molecule has 0 amide bonds. The number of nitrogens with zero attached hydrogens (tertiary/aromatic N) is 24. The molecule has 0 bridgehead atoms. The number of aromatic nitrogens is 8. The number of rotatable bonds is 8. The first-order chi connectivity index (χ1) is 63.1. The summed E-state index contributed by atoms with van der Waals surface area (Å²) in [6, 6.07) is 43.2. The summed E-state index contributed by atoms with van der Waals surface area (Å²) in [6.07, 6.45) is 12.0. The van der Waals surface area contributed by atoms with Gasteiger partial charge in [0.1, 0.15) is 29.6 Å². The average Bonchev–Trinajstić information content (AvgIpc) is 0.909. The van der Waals surface area contributed by atoms with Gasteiger partial charge in [-0.2, -0.15) is 37.8 Å². The molecule has 0 saturated heterocycles. The molecular formula is C80H128B4F4N24O16S8. The monoisotopic (exact) mass is 2060 g/mol. The van der Waals surface area contributed by atoms with E-state index in [9.17, 15) is 58.9 Å². The van der Waals surface area contributed by atoms with Gasteiger partial charge in [0.15, 0.2) is 49.6 Å². The summed E-state index contributed by atoms with van der Waals surface area (Å²) < 4.78 is 62.4. The molecule has 8 heterocycles. The molecule has 0 saturated carbocycles. The molecule has 8 aromatic rings. The summed E-state index contributed by atoms with van der Waals surface area (Å²) in [7, 11) is 50.0. The summed E-state index contributed by atoms with van der Waals surface area (Å²) in [5, 5.41) is 172. The van der Waals surface area contributed by atoms with Crippen molar-refractivity contribution in [1.29, 1.82) is 0 Å². The van der Waals surface area contributed by atoms with E-state index in [1.54, 1.807) is 48.5 Å². The first-order valence-electron chi connectivity index (χ1n) is 39.5. The summed E-state index contributed by atoms with van der Waals surface area (Å²) in [4.78, 5) is 15.9. The van der Waals surface area contributed by atoms with Crippen LogP contribution in [-0.4, -0.2) is 372 Å². The predicted octanol–water partition coefficient (Wildman–Crippen LogP) is -4.54. The average molecular weight is 2060 g/mol. The number of hydrogen-bond acceptors (Lipinski definition) is 24. The van der Waals surface area contributed by atoms with Gasteiger partial charge in [0.05, 0.1) is 320 Å². The maximum atomic E-state index is 11.4. The van der Waals surface area contributed by atoms with Crippen molar-refractivity contribution in [3.05, 3.63) is 237 Å². The number of hydrogen-bond donors (Lipinski definition) is 0. The zero-order valence-electron chi connectivity index (χ0n) is 82.8. The van der Waals surface area contributed by atoms with E-state index in [2.05, 4.69) is 0 Å². The fraction of sp³-hybridized carbons (Fsp3) is 0.400. The highest BCUT2D eigenvalue weighted by Gasteiger charge is 2.26. The molecule has 0 fully saturated rings. The Morgan fingerprint density at radius 3 is 0.316 bits per heavy atom. The largest absolute Gasteiger partial charge is 0.867 e. The Kier molecular flexibility index (Phi) is 71.0. The number of pyridine rings is 8. The summed E-state index contributed by atoms with van der Waals surface area (Å²) in [5.41, 5.74) is 0. The zero-order chi connectivity index (χ0) is 106. The van der Waals surface area contributed by atoms with E-state index in [1.165, 1.54) is 144 Å². The van der Waals surface area contributed by atoms with Gasteiger partial charge in [0.2, 0.25) is 0 Å². The molecule has 0 atom stereocenters. The molecule has 752 valence electrons. The molecule has 8 aromatic heterocycles. The SMILES string of the molecule is CN(C)C(Sc1cccc[n+]1[O-])=[N+](C)C.CN(C)C(Sc1cccc[n+]1[O-])=[N+](C)C.CN(C)C(Sc1cccc[n+]1[O-])=[N+](C)C.CN(C)C(Sc1cccc[n+]1[O-])=[N+](C)C.CN(C)C(Sc1cccc[n+]1[O-])=[N+](C)C.CN(C)C(Sc1cccc[n+]1[O-])=[N+](C)C.CN(C)C(Sc1cccc[n+]1[O-])=[N+](C)C.CN(C)C(Sc1cccc[n+]1[O-])=[N+](C)C.[O-]B([O-])F.[O-]B([O-])F.[O-]B([O-])F.[O-]B([O-])F. The van der Waals surface area contributed by atoms with Crippen molar-refractivity contribution in [1.82, 2.24) is 39.2 Å². The third-order valence-electron chi connectivity index (χ3n) is 14.0. The van der Waals surface area contributed by atoms with Crippen molar-refractivity contribution in [2.45, 2.75) is 40.2 Å². The van der Waals surface area contributed by atoms with Crippen LogP contribution >= 0.6 is 94.1 Å². The maximum Gasteiger partial charge on any atom is 0.318 e. The van der Waals surface area contributed by atoms with Gasteiger partial charge in [-0.05, 0) is 48.5 Å². The first kappa shape index (κ1) is 132. The predicted molar refractivity (Wildman–Crippen MR) is 524 cm³/mol. The van der Waals surface area contributed by atoms with E-state index in [4.69, 9.17) is 40.2 Å². The second-order valence-corrected chi connectivity index (χ2v) is 37.3. The Morgan fingerprint density at radius 2 is 0.265 bits per heavy atom. The van der Waals surface area contributed by atoms with Gasteiger partial charge in [-0.15, -0.1) is 0 Å². The third-order valence-corrected chi connectivity index (χ3v) is 25.5. The second kappa shape index (κ2) is 73.1. The van der Waals surface area contributed by atoms with Crippen LogP contribution < -0.4 is 78.0 Å². The molecule has 0 aliphatic rings. The number of thioether (sulfide) groups is 8. The lowest BCUT2D eigenvalue weighted by Crippen LogP contribution is -2.39. The Hall–Kier alpha value is -10.2. The van der Waals surface area contributed by atoms with Crippen LogP contribution in [0.5, 0.6) is 0 Å². The topological polar surface area (TPSA) is 450 Å². The molecule has 0 aliphatic carbocycles. The van der Waals surface area contributed by atoms with Crippen LogP contribution in [0.15, 0.2) is 235 Å². The lowest BCUT2D eigenvalue weighted by molar-refractivity contribution is -0.645. The van der Waals surface area contributed by atoms with E-state index in [0.29, 0.717) is 40.2 Å². The summed E-state index contributed by atoms with van der Waals surface area (Å²) >= 11 is 11.6. The Labute approximate surface area is 833 Å². The molecule has 0 radical (unpaired) electrons. The Bertz CT molecular complexity index is 4130. The number of halogens is 4. The van der Waals surface area contributed by atoms with E-state index in [-0.39, 0.29) is 0 Å². The molecule has 0 spiro atoms. The van der Waals surface area contributed by atoms with Crippen molar-refractivity contribution in [2.24, 2.45) is 0 Å². The van der Waals surface area contributed by atoms with Crippen LogP contribution in [0.2, 0.25) is 0 Å². The number of amidine groups is 8. The standard InChI is InChI=1S/8C10H16N3OS.4BFO2/c8*1-11(2)10(12(3)4)15-9-7-5-6-8-13(9)14;4*2-1(3)4/h8*5-8H,1-4H3;;;;/q8*+1;4*-2. The highest BCUT2D eigenvalue weighted by atomic mass is 32.2. The molecule has 136 heavy (non-hydrogen) atoms. The molecule has 0 aliphatic heterocycles. The zero-order valence-corrected chi connectivity index (χ0v) is 89.4. The van der Waals surface area contributed by atoms with Gasteiger partial charge in [0.25, 0.3) is 40.2 Å². The van der Waals surface area contributed by atoms with Crippen LogP contribution in [0.3, 0.4) is 0 Å². The van der Waals surface area contributed by atoms with Gasteiger partial charge in [-0.1, -0.05) is 0 Å². The van der Waals surface area contributed by atoms with Crippen LogP contribution in [0.25, 0.3) is 0 Å². The highest BCUT2D eigenvalue weighted by Crippen LogP contribution is 2.22. The van der Waals surface area contributed by atoms with Crippen LogP contribution in [-0.2, 0) is 0 Å². The van der Waals surface area contributed by atoms with Crippen LogP contribution in [0, 0.1) is 41.7 Å². The van der Waals surface area contributed by atoms with Crippen molar-refractivity contribution in [3.63, 3.8) is 0 Å².